The maximum atomic E-state index is 11.0. The summed E-state index contributed by atoms with van der Waals surface area (Å²) < 4.78 is 0. The first-order valence-corrected chi connectivity index (χ1v) is 7.48. The predicted octanol–water partition coefficient (Wildman–Crippen LogP) is 2.12. The van der Waals surface area contributed by atoms with E-state index in [2.05, 4.69) is 19.2 Å². The van der Waals surface area contributed by atoms with E-state index in [0.717, 1.165) is 17.7 Å². The third-order valence-electron chi connectivity index (χ3n) is 3.00. The van der Waals surface area contributed by atoms with Gasteiger partial charge in [-0.3, -0.25) is 4.79 Å². The van der Waals surface area contributed by atoms with Crippen LogP contribution >= 0.6 is 11.3 Å². The summed E-state index contributed by atoms with van der Waals surface area (Å²) in [6, 6.07) is 1.79. The van der Waals surface area contributed by atoms with Crippen LogP contribution in [0.5, 0.6) is 0 Å². The lowest BCUT2D eigenvalue weighted by molar-refractivity contribution is 0.0451. The van der Waals surface area contributed by atoms with Crippen LogP contribution in [-0.4, -0.2) is 23.2 Å². The number of primary amides is 1. The molecule has 1 unspecified atom stereocenters. The lowest BCUT2D eigenvalue weighted by Gasteiger charge is -2.24. The summed E-state index contributed by atoms with van der Waals surface area (Å²) in [5.41, 5.74) is 5.06. The van der Waals surface area contributed by atoms with Crippen LogP contribution in [0, 0.1) is 5.92 Å². The molecule has 1 rings (SSSR count). The quantitative estimate of drug-likeness (QED) is 0.684. The van der Waals surface area contributed by atoms with Crippen LogP contribution in [0.1, 0.15) is 48.8 Å². The Morgan fingerprint density at radius 3 is 2.79 bits per heavy atom. The molecule has 108 valence electrons. The Kier molecular flexibility index (Phi) is 5.97. The summed E-state index contributed by atoms with van der Waals surface area (Å²) in [5, 5.41) is 15.2. The molecular formula is C14H24N2O2S. The van der Waals surface area contributed by atoms with Crippen LogP contribution in [-0.2, 0) is 6.54 Å². The molecule has 1 aromatic heterocycles. The highest BCUT2D eigenvalue weighted by Gasteiger charge is 2.20. The highest BCUT2D eigenvalue weighted by molar-refractivity contribution is 7.10. The number of aliphatic hydroxyl groups is 1. The fourth-order valence-corrected chi connectivity index (χ4v) is 2.59. The van der Waals surface area contributed by atoms with Gasteiger partial charge in [-0.05, 0) is 31.7 Å². The highest BCUT2D eigenvalue weighted by Crippen LogP contribution is 2.17. The third kappa shape index (κ3) is 6.18. The number of carbonyl (C=O) groups excluding carboxylic acids is 1. The summed E-state index contributed by atoms with van der Waals surface area (Å²) in [5.74, 6) is 0.202. The van der Waals surface area contributed by atoms with Gasteiger partial charge < -0.3 is 16.2 Å². The fourth-order valence-electron chi connectivity index (χ4n) is 1.75. The van der Waals surface area contributed by atoms with Crippen molar-refractivity contribution in [3.05, 3.63) is 21.9 Å². The molecule has 0 saturated heterocycles. The van der Waals surface area contributed by atoms with Gasteiger partial charge in [0.25, 0.3) is 0 Å². The number of hydrogen-bond donors (Lipinski definition) is 3. The van der Waals surface area contributed by atoms with Crippen LogP contribution in [0.25, 0.3) is 0 Å². The Morgan fingerprint density at radius 1 is 1.58 bits per heavy atom. The molecule has 1 heterocycles. The first-order chi connectivity index (χ1) is 8.80. The number of carbonyl (C=O) groups is 1. The Hall–Kier alpha value is -0.910. The molecular weight excluding hydrogens is 260 g/mol. The third-order valence-corrected chi connectivity index (χ3v) is 3.94. The van der Waals surface area contributed by atoms with Gasteiger partial charge in [-0.1, -0.05) is 13.8 Å². The van der Waals surface area contributed by atoms with Gasteiger partial charge in [0.1, 0.15) is 0 Å². The summed E-state index contributed by atoms with van der Waals surface area (Å²) in [6.07, 6.45) is 1.80. The van der Waals surface area contributed by atoms with Crippen LogP contribution in [0.15, 0.2) is 11.4 Å². The molecule has 0 fully saturated rings. The van der Waals surface area contributed by atoms with Gasteiger partial charge in [-0.15, -0.1) is 11.3 Å². The van der Waals surface area contributed by atoms with E-state index in [0.29, 0.717) is 24.6 Å². The van der Waals surface area contributed by atoms with Crippen molar-refractivity contribution in [2.45, 2.75) is 45.8 Å². The molecule has 19 heavy (non-hydrogen) atoms. The largest absolute Gasteiger partial charge is 0.389 e. The molecule has 1 amide bonds. The average Bonchev–Trinajstić information content (AvgIpc) is 2.75. The zero-order valence-electron chi connectivity index (χ0n) is 11.9. The topological polar surface area (TPSA) is 75.3 Å². The molecule has 0 radical (unpaired) electrons. The lowest BCUT2D eigenvalue weighted by Crippen LogP contribution is -2.37. The van der Waals surface area contributed by atoms with Gasteiger partial charge in [0.05, 0.1) is 11.2 Å². The molecule has 4 nitrogen and oxygen atoms in total. The summed E-state index contributed by atoms with van der Waals surface area (Å²) in [6.45, 7) is 7.35. The number of rotatable bonds is 8. The maximum Gasteiger partial charge on any atom is 0.249 e. The molecule has 0 saturated carbocycles. The minimum atomic E-state index is -0.686. The van der Waals surface area contributed by atoms with Crippen LogP contribution < -0.4 is 11.1 Å². The number of nitrogens with two attached hydrogens (primary N) is 1. The molecule has 1 aromatic rings. The Bertz CT molecular complexity index is 413. The van der Waals surface area contributed by atoms with Gasteiger partial charge in [-0.25, -0.2) is 0 Å². The van der Waals surface area contributed by atoms with Crippen molar-refractivity contribution < 1.29 is 9.90 Å². The summed E-state index contributed by atoms with van der Waals surface area (Å²) in [4.78, 5) is 12.0. The van der Waals surface area contributed by atoms with Crippen LogP contribution in [0.4, 0.5) is 0 Å². The molecule has 0 spiro atoms. The standard InChI is InChI=1S/C14H24N2O2S/c1-10(2)4-5-14(3,18)9-16-7-12-6-11(8-19-12)13(15)17/h6,8,10,16,18H,4-5,7,9H2,1-3H3,(H2,15,17). The Morgan fingerprint density at radius 2 is 2.26 bits per heavy atom. The van der Waals surface area contributed by atoms with E-state index in [1.807, 2.05) is 6.92 Å². The van der Waals surface area contributed by atoms with E-state index in [9.17, 15) is 9.90 Å². The summed E-state index contributed by atoms with van der Waals surface area (Å²) >= 11 is 1.50. The second kappa shape index (κ2) is 7.03. The first kappa shape index (κ1) is 16.1. The van der Waals surface area contributed by atoms with Crippen molar-refractivity contribution in [2.75, 3.05) is 6.54 Å². The minimum absolute atomic E-state index is 0.397. The van der Waals surface area contributed by atoms with E-state index in [1.165, 1.54) is 11.3 Å². The molecule has 5 heteroatoms. The van der Waals surface area contributed by atoms with Crippen molar-refractivity contribution >= 4 is 17.2 Å². The van der Waals surface area contributed by atoms with Crippen molar-refractivity contribution in [1.29, 1.82) is 0 Å². The Balaban J connectivity index is 2.34. The van der Waals surface area contributed by atoms with Gasteiger partial charge in [-0.2, -0.15) is 0 Å². The number of amides is 1. The molecule has 0 aliphatic rings. The SMILES string of the molecule is CC(C)CCC(C)(O)CNCc1cc(C(N)=O)cs1. The van der Waals surface area contributed by atoms with Crippen LogP contribution in [0.3, 0.4) is 0 Å². The van der Waals surface area contributed by atoms with E-state index in [-0.39, 0.29) is 0 Å². The monoisotopic (exact) mass is 284 g/mol. The zero-order valence-corrected chi connectivity index (χ0v) is 12.7. The maximum absolute atomic E-state index is 11.0. The van der Waals surface area contributed by atoms with Gasteiger partial charge in [0.2, 0.25) is 5.91 Å². The van der Waals surface area contributed by atoms with Crippen LogP contribution in [0.2, 0.25) is 0 Å². The second-order valence-electron chi connectivity index (χ2n) is 5.70. The number of hydrogen-bond acceptors (Lipinski definition) is 4. The molecule has 0 aliphatic heterocycles. The van der Waals surface area contributed by atoms with E-state index in [4.69, 9.17) is 5.73 Å². The Labute approximate surface area is 119 Å². The van der Waals surface area contributed by atoms with E-state index in [1.54, 1.807) is 11.4 Å². The van der Waals surface area contributed by atoms with Gasteiger partial charge in [0, 0.05) is 23.3 Å². The van der Waals surface area contributed by atoms with Crippen molar-refractivity contribution in [1.82, 2.24) is 5.32 Å². The number of thiophene rings is 1. The molecule has 1 atom stereocenters. The zero-order chi connectivity index (χ0) is 14.5. The predicted molar refractivity (Wildman–Crippen MR) is 79.2 cm³/mol. The fraction of sp³-hybridized carbons (Fsp3) is 0.643. The van der Waals surface area contributed by atoms with Gasteiger partial charge >= 0.3 is 0 Å². The van der Waals surface area contributed by atoms with E-state index >= 15 is 0 Å². The second-order valence-corrected chi connectivity index (χ2v) is 6.69. The minimum Gasteiger partial charge on any atom is -0.389 e. The molecule has 0 aliphatic carbocycles. The summed E-state index contributed by atoms with van der Waals surface area (Å²) in [7, 11) is 0. The number of nitrogens with one attached hydrogen (secondary N) is 1. The smallest absolute Gasteiger partial charge is 0.249 e. The van der Waals surface area contributed by atoms with Crippen molar-refractivity contribution in [2.24, 2.45) is 11.7 Å². The molecule has 0 bridgehead atoms. The van der Waals surface area contributed by atoms with Crippen molar-refractivity contribution in [3.8, 4) is 0 Å². The normalized spacial score (nSPS) is 14.6. The molecule has 0 aromatic carbocycles. The van der Waals surface area contributed by atoms with E-state index < -0.39 is 11.5 Å². The first-order valence-electron chi connectivity index (χ1n) is 6.60. The molecule has 4 N–H and O–H groups in total. The average molecular weight is 284 g/mol. The van der Waals surface area contributed by atoms with Gasteiger partial charge in [0.15, 0.2) is 0 Å². The highest BCUT2D eigenvalue weighted by atomic mass is 32.1. The lowest BCUT2D eigenvalue weighted by atomic mass is 9.95. The van der Waals surface area contributed by atoms with Crippen molar-refractivity contribution in [3.63, 3.8) is 0 Å².